The number of carboxylic acids is 1. The van der Waals surface area contributed by atoms with Crippen molar-refractivity contribution in [1.29, 1.82) is 0 Å². The summed E-state index contributed by atoms with van der Waals surface area (Å²) in [6.45, 7) is 16.5. The maximum atomic E-state index is 12.0. The standard InChI is InChI=1S/C19H35NO4/c1-10-11(2)13(4)15(14(5)12(10)3)9-16(17(21)22)20-18(23)24-19(6,7)8/h10-16H,9H2,1-8H3,(H,20,23)(H,21,22)/t10?,11?,12?,13?,14?,15?,16-/m0/s1. The molecule has 5 nitrogen and oxygen atoms in total. The Hall–Kier alpha value is -1.26. The summed E-state index contributed by atoms with van der Waals surface area (Å²) in [7, 11) is 0. The van der Waals surface area contributed by atoms with Gasteiger partial charge in [-0.1, -0.05) is 34.6 Å². The quantitative estimate of drug-likeness (QED) is 0.805. The first kappa shape index (κ1) is 20.8. The first-order valence-corrected chi connectivity index (χ1v) is 9.07. The molecule has 140 valence electrons. The van der Waals surface area contributed by atoms with Gasteiger partial charge in [0, 0.05) is 0 Å². The molecule has 1 aliphatic carbocycles. The highest BCUT2D eigenvalue weighted by atomic mass is 16.6. The molecule has 0 aromatic heterocycles. The van der Waals surface area contributed by atoms with Crippen molar-refractivity contribution in [2.24, 2.45) is 35.5 Å². The van der Waals surface area contributed by atoms with E-state index in [0.717, 1.165) is 0 Å². The number of amides is 1. The first-order chi connectivity index (χ1) is 10.8. The molecule has 0 aliphatic heterocycles. The second kappa shape index (κ2) is 7.75. The predicted molar refractivity (Wildman–Crippen MR) is 94.7 cm³/mol. The van der Waals surface area contributed by atoms with Crippen LogP contribution >= 0.6 is 0 Å². The van der Waals surface area contributed by atoms with Crippen molar-refractivity contribution < 1.29 is 19.4 Å². The average molecular weight is 341 g/mol. The third-order valence-electron chi connectivity index (χ3n) is 6.17. The van der Waals surface area contributed by atoms with Gasteiger partial charge < -0.3 is 15.2 Å². The molecular formula is C19H35NO4. The van der Waals surface area contributed by atoms with E-state index >= 15 is 0 Å². The Morgan fingerprint density at radius 2 is 1.38 bits per heavy atom. The summed E-state index contributed by atoms with van der Waals surface area (Å²) in [4.78, 5) is 23.6. The zero-order valence-electron chi connectivity index (χ0n) is 16.4. The Morgan fingerprint density at radius 3 is 1.75 bits per heavy atom. The normalized spacial score (nSPS) is 35.2. The second-order valence-electron chi connectivity index (χ2n) is 8.73. The molecule has 1 saturated carbocycles. The number of alkyl carbamates (subject to hydrolysis) is 1. The SMILES string of the molecule is CC1C(C)C(C)C(C[C@H](NC(=O)OC(C)(C)C)C(=O)O)C(C)C1C. The van der Waals surface area contributed by atoms with Gasteiger partial charge in [0.05, 0.1) is 0 Å². The van der Waals surface area contributed by atoms with E-state index in [1.54, 1.807) is 20.8 Å². The van der Waals surface area contributed by atoms with Gasteiger partial charge >= 0.3 is 12.1 Å². The number of carboxylic acid groups (broad SMARTS) is 1. The Morgan fingerprint density at radius 1 is 0.958 bits per heavy atom. The molecule has 24 heavy (non-hydrogen) atoms. The molecular weight excluding hydrogens is 306 g/mol. The van der Waals surface area contributed by atoms with Gasteiger partial charge in [-0.2, -0.15) is 0 Å². The van der Waals surface area contributed by atoms with Gasteiger partial charge in [0.1, 0.15) is 11.6 Å². The molecule has 0 bridgehead atoms. The maximum absolute atomic E-state index is 12.0. The molecule has 5 atom stereocenters. The van der Waals surface area contributed by atoms with Crippen LogP contribution in [0.25, 0.3) is 0 Å². The first-order valence-electron chi connectivity index (χ1n) is 9.07. The van der Waals surface area contributed by atoms with E-state index in [1.165, 1.54) is 0 Å². The fraction of sp³-hybridized carbons (Fsp3) is 0.895. The molecule has 0 aromatic carbocycles. The van der Waals surface area contributed by atoms with Crippen LogP contribution in [0.4, 0.5) is 4.79 Å². The van der Waals surface area contributed by atoms with E-state index in [9.17, 15) is 14.7 Å². The lowest BCUT2D eigenvalue weighted by molar-refractivity contribution is -0.140. The van der Waals surface area contributed by atoms with Crippen molar-refractivity contribution in [3.63, 3.8) is 0 Å². The van der Waals surface area contributed by atoms with Crippen LogP contribution in [0.5, 0.6) is 0 Å². The highest BCUT2D eigenvalue weighted by Gasteiger charge is 2.42. The van der Waals surface area contributed by atoms with Gasteiger partial charge in [-0.25, -0.2) is 9.59 Å². The minimum atomic E-state index is -1.00. The van der Waals surface area contributed by atoms with E-state index in [2.05, 4.69) is 39.9 Å². The Labute approximate surface area is 146 Å². The molecule has 4 unspecified atom stereocenters. The number of carbonyl (C=O) groups excluding carboxylic acids is 1. The summed E-state index contributed by atoms with van der Waals surface area (Å²) >= 11 is 0. The van der Waals surface area contributed by atoms with Crippen molar-refractivity contribution in [3.05, 3.63) is 0 Å². The minimum Gasteiger partial charge on any atom is -0.480 e. The summed E-state index contributed by atoms with van der Waals surface area (Å²) < 4.78 is 5.21. The predicted octanol–water partition coefficient (Wildman–Crippen LogP) is 4.16. The van der Waals surface area contributed by atoms with Crippen LogP contribution in [-0.2, 0) is 9.53 Å². The zero-order chi connectivity index (χ0) is 18.8. The van der Waals surface area contributed by atoms with Gasteiger partial charge in [0.25, 0.3) is 0 Å². The molecule has 0 spiro atoms. The molecule has 0 heterocycles. The third kappa shape index (κ3) is 5.12. The van der Waals surface area contributed by atoms with Crippen molar-refractivity contribution in [2.45, 2.75) is 73.5 Å². The Kier molecular flexibility index (Phi) is 6.71. The molecule has 1 fully saturated rings. The van der Waals surface area contributed by atoms with Crippen LogP contribution in [0.1, 0.15) is 61.8 Å². The van der Waals surface area contributed by atoms with Crippen LogP contribution in [0.15, 0.2) is 0 Å². The number of rotatable bonds is 4. The topological polar surface area (TPSA) is 75.6 Å². The lowest BCUT2D eigenvalue weighted by Gasteiger charge is -2.48. The summed E-state index contributed by atoms with van der Waals surface area (Å²) in [5.41, 5.74) is -0.642. The second-order valence-corrected chi connectivity index (χ2v) is 8.73. The molecule has 0 aromatic rings. The fourth-order valence-electron chi connectivity index (χ4n) is 4.07. The fourth-order valence-corrected chi connectivity index (χ4v) is 4.07. The van der Waals surface area contributed by atoms with Crippen molar-refractivity contribution in [2.75, 3.05) is 0 Å². The Balaban J connectivity index is 2.84. The molecule has 2 N–H and O–H groups in total. The van der Waals surface area contributed by atoms with Crippen LogP contribution < -0.4 is 5.32 Å². The molecule has 1 amide bonds. The lowest BCUT2D eigenvalue weighted by Crippen LogP contribution is -2.48. The van der Waals surface area contributed by atoms with Crippen LogP contribution in [0, 0.1) is 35.5 Å². The number of carbonyl (C=O) groups is 2. The van der Waals surface area contributed by atoms with E-state index < -0.39 is 23.7 Å². The number of hydrogen-bond donors (Lipinski definition) is 2. The van der Waals surface area contributed by atoms with Crippen LogP contribution in [0.3, 0.4) is 0 Å². The van der Waals surface area contributed by atoms with Crippen LogP contribution in [-0.4, -0.2) is 28.8 Å². The van der Waals surface area contributed by atoms with Gasteiger partial charge in [-0.05, 0) is 62.7 Å². The molecule has 0 radical (unpaired) electrons. The van der Waals surface area contributed by atoms with Gasteiger partial charge in [-0.3, -0.25) is 0 Å². The van der Waals surface area contributed by atoms with Crippen molar-refractivity contribution in [3.8, 4) is 0 Å². The summed E-state index contributed by atoms with van der Waals surface area (Å²) in [5, 5.41) is 12.1. The van der Waals surface area contributed by atoms with E-state index in [0.29, 0.717) is 36.0 Å². The highest BCUT2D eigenvalue weighted by molar-refractivity contribution is 5.80. The minimum absolute atomic E-state index is 0.266. The van der Waals surface area contributed by atoms with E-state index in [-0.39, 0.29) is 5.92 Å². The summed E-state index contributed by atoms with van der Waals surface area (Å²) in [6.07, 6.45) is -0.223. The van der Waals surface area contributed by atoms with Crippen molar-refractivity contribution in [1.82, 2.24) is 5.32 Å². The largest absolute Gasteiger partial charge is 0.480 e. The van der Waals surface area contributed by atoms with Gasteiger partial charge in [0.15, 0.2) is 0 Å². The molecule has 1 aliphatic rings. The third-order valence-corrected chi connectivity index (χ3v) is 6.17. The number of hydrogen-bond acceptors (Lipinski definition) is 3. The van der Waals surface area contributed by atoms with Gasteiger partial charge in [0.2, 0.25) is 0 Å². The smallest absolute Gasteiger partial charge is 0.408 e. The Bertz CT molecular complexity index is 441. The van der Waals surface area contributed by atoms with Gasteiger partial charge in [-0.15, -0.1) is 0 Å². The number of nitrogens with one attached hydrogen (secondary N) is 1. The molecule has 5 heteroatoms. The van der Waals surface area contributed by atoms with Crippen LogP contribution in [0.2, 0.25) is 0 Å². The average Bonchev–Trinajstić information content (AvgIpc) is 2.44. The zero-order valence-corrected chi connectivity index (χ0v) is 16.4. The molecule has 1 rings (SSSR count). The van der Waals surface area contributed by atoms with E-state index in [1.807, 2.05) is 0 Å². The van der Waals surface area contributed by atoms with Crippen molar-refractivity contribution >= 4 is 12.1 Å². The number of aliphatic carboxylic acids is 1. The monoisotopic (exact) mass is 341 g/mol. The summed E-state index contributed by atoms with van der Waals surface area (Å²) in [5.74, 6) is 1.81. The lowest BCUT2D eigenvalue weighted by atomic mass is 9.58. The maximum Gasteiger partial charge on any atom is 0.408 e. The summed E-state index contributed by atoms with van der Waals surface area (Å²) in [6, 6.07) is -0.914. The van der Waals surface area contributed by atoms with E-state index in [4.69, 9.17) is 4.74 Å². The highest BCUT2D eigenvalue weighted by Crippen LogP contribution is 2.47. The molecule has 0 saturated heterocycles. The number of ether oxygens (including phenoxy) is 1.